The van der Waals surface area contributed by atoms with Crippen molar-refractivity contribution in [3.63, 3.8) is 0 Å². The maximum absolute atomic E-state index is 14.4. The molecular weight excluding hydrogens is 532 g/mol. The van der Waals surface area contributed by atoms with Crippen molar-refractivity contribution in [2.75, 3.05) is 25.1 Å². The highest BCUT2D eigenvalue weighted by Gasteiger charge is 2.10. The van der Waals surface area contributed by atoms with E-state index in [1.54, 1.807) is 18.2 Å². The summed E-state index contributed by atoms with van der Waals surface area (Å²) in [7, 11) is -2.99. The molecule has 2 rings (SSSR count). The van der Waals surface area contributed by atoms with Gasteiger partial charge in [-0.15, -0.1) is 24.0 Å². The standard InChI is InChI=1S/C22H30FN3O3S.HI/c1-4-24-22(26-17(2)13-15-30(3,27)28)25-14-12-18-10-11-21(20(23)16-18)29-19-8-6-5-7-9-19;/h5-11,16-17H,4,12-15H2,1-3H3,(H2,24,25,26);1H. The SMILES string of the molecule is CCNC(=NCCc1ccc(Oc2ccccc2)c(F)c1)NC(C)CCS(C)(=O)=O.I. The lowest BCUT2D eigenvalue weighted by atomic mass is 10.1. The second kappa shape index (κ2) is 13.5. The van der Waals surface area contributed by atoms with E-state index in [9.17, 15) is 12.8 Å². The second-order valence-electron chi connectivity index (χ2n) is 7.15. The average Bonchev–Trinajstić information content (AvgIpc) is 2.69. The fourth-order valence-electron chi connectivity index (χ4n) is 2.71. The largest absolute Gasteiger partial charge is 0.454 e. The number of halogens is 2. The first-order valence-corrected chi connectivity index (χ1v) is 12.1. The van der Waals surface area contributed by atoms with E-state index in [1.807, 2.05) is 38.1 Å². The number of para-hydroxylation sites is 1. The van der Waals surface area contributed by atoms with Crippen LogP contribution in [0.5, 0.6) is 11.5 Å². The molecule has 0 radical (unpaired) electrons. The van der Waals surface area contributed by atoms with E-state index in [4.69, 9.17) is 4.74 Å². The third-order valence-corrected chi connectivity index (χ3v) is 5.26. The molecule has 0 aliphatic rings. The minimum atomic E-state index is -2.99. The third-order valence-electron chi connectivity index (χ3n) is 4.29. The Morgan fingerprint density at radius 3 is 2.52 bits per heavy atom. The van der Waals surface area contributed by atoms with Gasteiger partial charge in [0.05, 0.1) is 5.75 Å². The highest BCUT2D eigenvalue weighted by molar-refractivity contribution is 14.0. The van der Waals surface area contributed by atoms with Crippen LogP contribution in [0.2, 0.25) is 0 Å². The van der Waals surface area contributed by atoms with Crippen molar-refractivity contribution in [1.82, 2.24) is 10.6 Å². The lowest BCUT2D eigenvalue weighted by Crippen LogP contribution is -2.43. The van der Waals surface area contributed by atoms with Crippen LogP contribution in [-0.2, 0) is 16.3 Å². The number of hydrogen-bond acceptors (Lipinski definition) is 4. The average molecular weight is 563 g/mol. The molecule has 2 aromatic carbocycles. The smallest absolute Gasteiger partial charge is 0.191 e. The van der Waals surface area contributed by atoms with Crippen molar-refractivity contribution in [2.45, 2.75) is 32.7 Å². The highest BCUT2D eigenvalue weighted by Crippen LogP contribution is 2.25. The van der Waals surface area contributed by atoms with Gasteiger partial charge >= 0.3 is 0 Å². The molecule has 1 unspecified atom stereocenters. The first kappa shape index (κ1) is 27.2. The highest BCUT2D eigenvalue weighted by atomic mass is 127. The van der Waals surface area contributed by atoms with Gasteiger partial charge in [-0.3, -0.25) is 4.99 Å². The molecule has 0 aliphatic heterocycles. The summed E-state index contributed by atoms with van der Waals surface area (Å²) in [6.45, 7) is 5.02. The van der Waals surface area contributed by atoms with E-state index in [2.05, 4.69) is 15.6 Å². The van der Waals surface area contributed by atoms with Crippen LogP contribution in [0.4, 0.5) is 4.39 Å². The lowest BCUT2D eigenvalue weighted by molar-refractivity contribution is 0.441. The molecule has 2 N–H and O–H groups in total. The fourth-order valence-corrected chi connectivity index (χ4v) is 3.49. The summed E-state index contributed by atoms with van der Waals surface area (Å²) in [5.74, 6) is 1.09. The predicted molar refractivity (Wildman–Crippen MR) is 135 cm³/mol. The van der Waals surface area contributed by atoms with E-state index >= 15 is 0 Å². The molecule has 0 spiro atoms. The molecule has 172 valence electrons. The fraction of sp³-hybridized carbons (Fsp3) is 0.409. The Kier molecular flexibility index (Phi) is 11.8. The normalized spacial score (nSPS) is 12.6. The molecule has 0 bridgehead atoms. The first-order chi connectivity index (χ1) is 14.3. The zero-order valence-corrected chi connectivity index (χ0v) is 21.2. The number of rotatable bonds is 10. The van der Waals surface area contributed by atoms with Gasteiger partial charge < -0.3 is 15.4 Å². The van der Waals surface area contributed by atoms with Gasteiger partial charge in [-0.05, 0) is 56.5 Å². The van der Waals surface area contributed by atoms with E-state index < -0.39 is 15.7 Å². The van der Waals surface area contributed by atoms with Gasteiger partial charge in [-0.2, -0.15) is 0 Å². The van der Waals surface area contributed by atoms with Crippen LogP contribution in [0, 0.1) is 5.82 Å². The number of aliphatic imine (C=N–C) groups is 1. The minimum Gasteiger partial charge on any atom is -0.454 e. The molecule has 0 aliphatic carbocycles. The molecule has 1 atom stereocenters. The van der Waals surface area contributed by atoms with Gasteiger partial charge in [-0.1, -0.05) is 24.3 Å². The predicted octanol–water partition coefficient (Wildman–Crippen LogP) is 4.16. The van der Waals surface area contributed by atoms with E-state index in [0.717, 1.165) is 5.56 Å². The maximum Gasteiger partial charge on any atom is 0.191 e. The van der Waals surface area contributed by atoms with Crippen molar-refractivity contribution < 1.29 is 17.5 Å². The number of benzene rings is 2. The Balaban J connectivity index is 0.00000480. The number of ether oxygens (including phenoxy) is 1. The summed E-state index contributed by atoms with van der Waals surface area (Å²) in [6.07, 6.45) is 2.29. The summed E-state index contributed by atoms with van der Waals surface area (Å²) >= 11 is 0. The Morgan fingerprint density at radius 1 is 1.19 bits per heavy atom. The lowest BCUT2D eigenvalue weighted by Gasteiger charge is -2.17. The summed E-state index contributed by atoms with van der Waals surface area (Å²) in [4.78, 5) is 4.50. The van der Waals surface area contributed by atoms with E-state index in [0.29, 0.717) is 37.6 Å². The number of sulfone groups is 1. The van der Waals surface area contributed by atoms with Crippen LogP contribution in [0.25, 0.3) is 0 Å². The van der Waals surface area contributed by atoms with Gasteiger partial charge in [0.15, 0.2) is 17.5 Å². The third kappa shape index (κ3) is 10.8. The number of hydrogen-bond donors (Lipinski definition) is 2. The van der Waals surface area contributed by atoms with E-state index in [-0.39, 0.29) is 41.5 Å². The van der Waals surface area contributed by atoms with Gasteiger partial charge in [0.2, 0.25) is 0 Å². The van der Waals surface area contributed by atoms with Crippen molar-refractivity contribution in [3.05, 3.63) is 59.9 Å². The van der Waals surface area contributed by atoms with Crippen LogP contribution >= 0.6 is 24.0 Å². The van der Waals surface area contributed by atoms with Crippen LogP contribution in [0.15, 0.2) is 53.5 Å². The number of nitrogens with zero attached hydrogens (tertiary/aromatic N) is 1. The molecule has 0 aromatic heterocycles. The van der Waals surface area contributed by atoms with Crippen molar-refractivity contribution >= 4 is 39.8 Å². The van der Waals surface area contributed by atoms with Gasteiger partial charge in [0.1, 0.15) is 15.6 Å². The molecule has 31 heavy (non-hydrogen) atoms. The summed E-state index contributed by atoms with van der Waals surface area (Å²) in [6, 6.07) is 13.9. The molecule has 0 saturated carbocycles. The molecule has 0 heterocycles. The molecular formula is C22H31FIN3O3S. The quantitative estimate of drug-likeness (QED) is 0.258. The van der Waals surface area contributed by atoms with Crippen LogP contribution in [0.3, 0.4) is 0 Å². The number of guanidine groups is 1. The van der Waals surface area contributed by atoms with Crippen molar-refractivity contribution in [2.24, 2.45) is 4.99 Å². The zero-order valence-electron chi connectivity index (χ0n) is 18.1. The summed E-state index contributed by atoms with van der Waals surface area (Å²) in [5, 5.41) is 6.35. The van der Waals surface area contributed by atoms with Gasteiger partial charge in [-0.25, -0.2) is 12.8 Å². The number of nitrogens with one attached hydrogen (secondary N) is 2. The van der Waals surface area contributed by atoms with Crippen LogP contribution in [0.1, 0.15) is 25.8 Å². The van der Waals surface area contributed by atoms with Gasteiger partial charge in [0.25, 0.3) is 0 Å². The summed E-state index contributed by atoms with van der Waals surface area (Å²) < 4.78 is 42.6. The van der Waals surface area contributed by atoms with Crippen LogP contribution < -0.4 is 15.4 Å². The van der Waals surface area contributed by atoms with Crippen molar-refractivity contribution in [1.29, 1.82) is 0 Å². The minimum absolute atomic E-state index is 0. The Bertz CT molecular complexity index is 940. The topological polar surface area (TPSA) is 79.8 Å². The molecule has 9 heteroatoms. The van der Waals surface area contributed by atoms with E-state index in [1.165, 1.54) is 12.3 Å². The Labute approximate surface area is 201 Å². The van der Waals surface area contributed by atoms with Crippen molar-refractivity contribution in [3.8, 4) is 11.5 Å². The molecule has 6 nitrogen and oxygen atoms in total. The van der Waals surface area contributed by atoms with Gasteiger partial charge in [0, 0.05) is 25.4 Å². The van der Waals surface area contributed by atoms with Crippen LogP contribution in [-0.4, -0.2) is 45.5 Å². The zero-order chi connectivity index (χ0) is 22.0. The first-order valence-electron chi connectivity index (χ1n) is 10.0. The second-order valence-corrected chi connectivity index (χ2v) is 9.41. The summed E-state index contributed by atoms with van der Waals surface area (Å²) in [5.41, 5.74) is 0.817. The molecule has 2 aromatic rings. The Hall–Kier alpha value is -1.88. The molecule has 0 saturated heterocycles. The molecule has 0 fully saturated rings. The maximum atomic E-state index is 14.4. The monoisotopic (exact) mass is 563 g/mol. The molecule has 0 amide bonds. The Morgan fingerprint density at radius 2 is 1.90 bits per heavy atom.